The number of esters is 1. The number of hydrogen-bond acceptors (Lipinski definition) is 2. The summed E-state index contributed by atoms with van der Waals surface area (Å²) in [5.41, 5.74) is 1.05. The Hall–Kier alpha value is -1.05. The third-order valence-corrected chi connectivity index (χ3v) is 4.72. The van der Waals surface area contributed by atoms with Crippen molar-refractivity contribution in [2.75, 3.05) is 6.61 Å². The molecule has 2 rings (SSSR count). The van der Waals surface area contributed by atoms with E-state index >= 15 is 0 Å². The maximum Gasteiger partial charge on any atom is 0.309 e. The highest BCUT2D eigenvalue weighted by Crippen LogP contribution is 2.42. The van der Waals surface area contributed by atoms with Gasteiger partial charge in [0.05, 0.1) is 5.92 Å². The number of carbonyl (C=O) groups is 1. The molecule has 2 aliphatic carbocycles. The highest BCUT2D eigenvalue weighted by Gasteiger charge is 2.35. The van der Waals surface area contributed by atoms with Crippen LogP contribution in [0.1, 0.15) is 51.9 Å². The van der Waals surface area contributed by atoms with Gasteiger partial charge in [0.2, 0.25) is 0 Å². The van der Waals surface area contributed by atoms with E-state index < -0.39 is 0 Å². The molecule has 2 aliphatic rings. The lowest BCUT2D eigenvalue weighted by Gasteiger charge is -2.38. The molecule has 0 aromatic carbocycles. The molecule has 3 unspecified atom stereocenters. The summed E-state index contributed by atoms with van der Waals surface area (Å²) in [5, 5.41) is 0. The van der Waals surface area contributed by atoms with Gasteiger partial charge in [0, 0.05) is 0 Å². The number of rotatable bonds is 4. The van der Waals surface area contributed by atoms with Crippen LogP contribution >= 0.6 is 0 Å². The van der Waals surface area contributed by atoms with E-state index in [1.54, 1.807) is 6.08 Å². The first-order valence-electron chi connectivity index (χ1n) is 7.65. The molecular weight excluding hydrogens is 236 g/mol. The van der Waals surface area contributed by atoms with Crippen LogP contribution in [0, 0.1) is 17.8 Å². The van der Waals surface area contributed by atoms with Crippen molar-refractivity contribution >= 4 is 5.97 Å². The molecule has 0 aliphatic heterocycles. The molecule has 2 saturated carbocycles. The summed E-state index contributed by atoms with van der Waals surface area (Å²) in [6.07, 6.45) is 12.4. The Labute approximate surface area is 116 Å². The van der Waals surface area contributed by atoms with Crippen molar-refractivity contribution in [1.29, 1.82) is 0 Å². The fourth-order valence-electron chi connectivity index (χ4n) is 3.64. The third-order valence-electron chi connectivity index (χ3n) is 4.72. The van der Waals surface area contributed by atoms with Crippen LogP contribution in [-0.2, 0) is 9.53 Å². The van der Waals surface area contributed by atoms with Crippen molar-refractivity contribution in [2.45, 2.75) is 51.9 Å². The minimum absolute atomic E-state index is 0.0147. The van der Waals surface area contributed by atoms with Crippen LogP contribution in [0.4, 0.5) is 0 Å². The molecule has 0 bridgehead atoms. The fraction of sp³-hybridized carbons (Fsp3) is 0.706. The van der Waals surface area contributed by atoms with E-state index in [2.05, 4.69) is 6.58 Å². The highest BCUT2D eigenvalue weighted by atomic mass is 16.5. The van der Waals surface area contributed by atoms with Crippen LogP contribution in [0.25, 0.3) is 0 Å². The molecule has 0 aromatic heterocycles. The molecule has 2 nitrogen and oxygen atoms in total. The molecule has 3 atom stereocenters. The summed E-state index contributed by atoms with van der Waals surface area (Å²) in [6.45, 7) is 6.02. The van der Waals surface area contributed by atoms with Crippen molar-refractivity contribution < 1.29 is 9.53 Å². The zero-order chi connectivity index (χ0) is 13.7. The maximum absolute atomic E-state index is 12.1. The van der Waals surface area contributed by atoms with E-state index in [4.69, 9.17) is 4.74 Å². The molecule has 0 N–H and O–H groups in total. The summed E-state index contributed by atoms with van der Waals surface area (Å²) in [7, 11) is 0. The van der Waals surface area contributed by atoms with Gasteiger partial charge < -0.3 is 4.74 Å². The van der Waals surface area contributed by atoms with Crippen molar-refractivity contribution in [2.24, 2.45) is 17.8 Å². The zero-order valence-corrected chi connectivity index (χ0v) is 12.1. The zero-order valence-electron chi connectivity index (χ0n) is 12.1. The number of fused-ring (bicyclic) bond motifs is 1. The third kappa shape index (κ3) is 3.95. The van der Waals surface area contributed by atoms with E-state index in [1.807, 2.05) is 13.0 Å². The molecule has 0 spiro atoms. The van der Waals surface area contributed by atoms with Gasteiger partial charge in [-0.15, -0.1) is 0 Å². The second-order valence-corrected chi connectivity index (χ2v) is 6.17. The van der Waals surface area contributed by atoms with Crippen molar-refractivity contribution in [3.05, 3.63) is 24.3 Å². The summed E-state index contributed by atoms with van der Waals surface area (Å²) in [6, 6.07) is 0. The standard InChI is InChI=1S/C17H26O2/c1-3-6-13(2)12-19-17(18)16-10-9-14-7-4-5-8-15(14)11-16/h3,6,14-16H,1,4-5,7-12H2,2H3/b13-6+. The molecular formula is C17H26O2. The second-order valence-electron chi connectivity index (χ2n) is 6.17. The van der Waals surface area contributed by atoms with Crippen LogP contribution in [0.5, 0.6) is 0 Å². The first kappa shape index (κ1) is 14.4. The highest BCUT2D eigenvalue weighted by molar-refractivity contribution is 5.72. The predicted octanol–water partition coefficient (Wildman–Crippen LogP) is 4.27. The van der Waals surface area contributed by atoms with Crippen molar-refractivity contribution in [1.82, 2.24) is 0 Å². The van der Waals surface area contributed by atoms with Crippen molar-refractivity contribution in [3.8, 4) is 0 Å². The molecule has 0 heterocycles. The van der Waals surface area contributed by atoms with Crippen LogP contribution in [0.2, 0.25) is 0 Å². The smallest absolute Gasteiger partial charge is 0.309 e. The Morgan fingerprint density at radius 1 is 1.21 bits per heavy atom. The van der Waals surface area contributed by atoms with Gasteiger partial charge in [-0.1, -0.05) is 44.4 Å². The maximum atomic E-state index is 12.1. The lowest BCUT2D eigenvalue weighted by atomic mass is 9.67. The van der Waals surface area contributed by atoms with E-state index in [0.29, 0.717) is 6.61 Å². The van der Waals surface area contributed by atoms with Crippen LogP contribution < -0.4 is 0 Å². The SMILES string of the molecule is C=C/C=C(\C)COC(=O)C1CCC2CCCCC2C1. The molecule has 2 fully saturated rings. The Kier molecular flexibility index (Phi) is 5.24. The molecule has 106 valence electrons. The van der Waals surface area contributed by atoms with Crippen LogP contribution in [-0.4, -0.2) is 12.6 Å². The molecule has 0 amide bonds. The van der Waals surface area contributed by atoms with E-state index in [1.165, 1.54) is 32.1 Å². The fourth-order valence-corrected chi connectivity index (χ4v) is 3.64. The van der Waals surface area contributed by atoms with Gasteiger partial charge in [0.1, 0.15) is 6.61 Å². The summed E-state index contributed by atoms with van der Waals surface area (Å²) in [4.78, 5) is 12.1. The lowest BCUT2D eigenvalue weighted by Crippen LogP contribution is -2.32. The minimum atomic E-state index is 0.0147. The van der Waals surface area contributed by atoms with Gasteiger partial charge in [0.25, 0.3) is 0 Å². The second kappa shape index (κ2) is 6.93. The number of ether oxygens (including phenoxy) is 1. The molecule has 19 heavy (non-hydrogen) atoms. The predicted molar refractivity (Wildman–Crippen MR) is 77.7 cm³/mol. The number of carbonyl (C=O) groups excluding carboxylic acids is 1. The summed E-state index contributed by atoms with van der Waals surface area (Å²) in [5.74, 6) is 1.83. The van der Waals surface area contributed by atoms with Gasteiger partial charge >= 0.3 is 5.97 Å². The largest absolute Gasteiger partial charge is 0.461 e. The average Bonchev–Trinajstić information content (AvgIpc) is 2.44. The normalized spacial score (nSPS) is 31.4. The van der Waals surface area contributed by atoms with Gasteiger partial charge in [0.15, 0.2) is 0 Å². The number of allylic oxidation sites excluding steroid dienone is 2. The molecule has 0 saturated heterocycles. The van der Waals surface area contributed by atoms with Gasteiger partial charge in [-0.3, -0.25) is 4.79 Å². The average molecular weight is 262 g/mol. The quantitative estimate of drug-likeness (QED) is 0.558. The summed E-state index contributed by atoms with van der Waals surface area (Å²) >= 11 is 0. The Morgan fingerprint density at radius 2 is 1.95 bits per heavy atom. The topological polar surface area (TPSA) is 26.3 Å². The van der Waals surface area contributed by atoms with Crippen LogP contribution in [0.15, 0.2) is 24.3 Å². The van der Waals surface area contributed by atoms with E-state index in [9.17, 15) is 4.79 Å². The van der Waals surface area contributed by atoms with Crippen LogP contribution in [0.3, 0.4) is 0 Å². The minimum Gasteiger partial charge on any atom is -0.461 e. The Bertz CT molecular complexity index is 356. The Morgan fingerprint density at radius 3 is 2.68 bits per heavy atom. The monoisotopic (exact) mass is 262 g/mol. The Balaban J connectivity index is 1.80. The van der Waals surface area contributed by atoms with Gasteiger partial charge in [-0.25, -0.2) is 0 Å². The first-order chi connectivity index (χ1) is 9.20. The van der Waals surface area contributed by atoms with Gasteiger partial charge in [-0.2, -0.15) is 0 Å². The first-order valence-corrected chi connectivity index (χ1v) is 7.65. The van der Waals surface area contributed by atoms with E-state index in [-0.39, 0.29) is 11.9 Å². The lowest BCUT2D eigenvalue weighted by molar-refractivity contribution is -0.150. The molecule has 0 radical (unpaired) electrons. The van der Waals surface area contributed by atoms with E-state index in [0.717, 1.165) is 30.3 Å². The van der Waals surface area contributed by atoms with Crippen molar-refractivity contribution in [3.63, 3.8) is 0 Å². The number of hydrogen-bond donors (Lipinski definition) is 0. The van der Waals surface area contributed by atoms with Gasteiger partial charge in [-0.05, 0) is 43.6 Å². The molecule has 0 aromatic rings. The molecule has 2 heteroatoms. The summed E-state index contributed by atoms with van der Waals surface area (Å²) < 4.78 is 5.42.